The maximum absolute atomic E-state index is 11.7. The largest absolute Gasteiger partial charge is 0.507 e. The molecule has 0 aliphatic carbocycles. The van der Waals surface area contributed by atoms with Gasteiger partial charge < -0.3 is 15.2 Å². The molecule has 0 fully saturated rings. The molecule has 2 aromatic rings. The number of halogens is 1. The second kappa shape index (κ2) is 8.93. The van der Waals surface area contributed by atoms with Gasteiger partial charge in [-0.1, -0.05) is 15.9 Å². The highest BCUT2D eigenvalue weighted by Gasteiger charge is 2.01. The number of carbonyl (C=O) groups excluding carboxylic acids is 1. The van der Waals surface area contributed by atoms with E-state index in [0.29, 0.717) is 12.2 Å². The zero-order chi connectivity index (χ0) is 17.4. The number of phenols is 1. The zero-order valence-corrected chi connectivity index (χ0v) is 14.7. The van der Waals surface area contributed by atoms with E-state index in [1.807, 2.05) is 31.2 Å². The van der Waals surface area contributed by atoms with Crippen LogP contribution in [-0.4, -0.2) is 30.4 Å². The van der Waals surface area contributed by atoms with E-state index in [-0.39, 0.29) is 18.2 Å². The number of rotatable bonds is 7. The molecule has 0 bridgehead atoms. The third kappa shape index (κ3) is 5.58. The average molecular weight is 392 g/mol. The summed E-state index contributed by atoms with van der Waals surface area (Å²) in [6.45, 7) is 2.61. The molecule has 2 aromatic carbocycles. The fourth-order valence-electron chi connectivity index (χ4n) is 1.86. The topological polar surface area (TPSA) is 83.0 Å². The number of nitrogens with one attached hydrogen (secondary N) is 2. The van der Waals surface area contributed by atoms with Crippen LogP contribution in [0.25, 0.3) is 0 Å². The molecule has 0 radical (unpaired) electrons. The second-order valence-electron chi connectivity index (χ2n) is 4.81. The SMILES string of the molecule is CCOc1ccc(NCC(=O)NN=Cc2cc(Br)ccc2O)cc1. The molecule has 3 N–H and O–H groups in total. The van der Waals surface area contributed by atoms with Crippen LogP contribution in [0.2, 0.25) is 0 Å². The van der Waals surface area contributed by atoms with Crippen LogP contribution < -0.4 is 15.5 Å². The van der Waals surface area contributed by atoms with Gasteiger partial charge in [0.25, 0.3) is 5.91 Å². The minimum absolute atomic E-state index is 0.0792. The summed E-state index contributed by atoms with van der Waals surface area (Å²) in [5, 5.41) is 16.5. The second-order valence-corrected chi connectivity index (χ2v) is 5.72. The lowest BCUT2D eigenvalue weighted by Gasteiger charge is -2.07. The molecule has 0 aromatic heterocycles. The standard InChI is InChI=1S/C17H18BrN3O3/c1-2-24-15-6-4-14(5-7-15)19-11-17(23)21-20-10-12-9-13(18)3-8-16(12)22/h3-10,19,22H,2,11H2,1H3,(H,21,23). The summed E-state index contributed by atoms with van der Waals surface area (Å²) in [5.74, 6) is 0.573. The monoisotopic (exact) mass is 391 g/mol. The average Bonchev–Trinajstić information content (AvgIpc) is 2.58. The molecule has 0 saturated carbocycles. The van der Waals surface area contributed by atoms with Gasteiger partial charge in [-0.2, -0.15) is 5.10 Å². The van der Waals surface area contributed by atoms with Crippen LogP contribution >= 0.6 is 15.9 Å². The summed E-state index contributed by atoms with van der Waals surface area (Å²) < 4.78 is 6.16. The van der Waals surface area contributed by atoms with E-state index in [4.69, 9.17) is 4.74 Å². The van der Waals surface area contributed by atoms with E-state index in [9.17, 15) is 9.90 Å². The minimum Gasteiger partial charge on any atom is -0.507 e. The normalized spacial score (nSPS) is 10.6. The van der Waals surface area contributed by atoms with Crippen molar-refractivity contribution in [2.75, 3.05) is 18.5 Å². The number of phenolic OH excluding ortho intramolecular Hbond substituents is 1. The van der Waals surface area contributed by atoms with Crippen molar-refractivity contribution in [2.24, 2.45) is 5.10 Å². The summed E-state index contributed by atoms with van der Waals surface area (Å²) in [7, 11) is 0. The third-order valence-corrected chi connectivity index (χ3v) is 3.49. The van der Waals surface area contributed by atoms with E-state index in [1.54, 1.807) is 18.2 Å². The minimum atomic E-state index is -0.297. The van der Waals surface area contributed by atoms with Gasteiger partial charge in [0.05, 0.1) is 19.4 Å². The molecule has 0 saturated heterocycles. The van der Waals surface area contributed by atoms with Crippen LogP contribution in [0, 0.1) is 0 Å². The molecule has 0 unspecified atom stereocenters. The Kier molecular flexibility index (Phi) is 6.62. The van der Waals surface area contributed by atoms with Crippen LogP contribution in [-0.2, 0) is 4.79 Å². The van der Waals surface area contributed by atoms with E-state index in [2.05, 4.69) is 31.8 Å². The quantitative estimate of drug-likeness (QED) is 0.500. The van der Waals surface area contributed by atoms with Crippen molar-refractivity contribution in [1.82, 2.24) is 5.43 Å². The first-order valence-electron chi connectivity index (χ1n) is 7.35. The molecule has 7 heteroatoms. The molecule has 126 valence electrons. The maximum atomic E-state index is 11.7. The van der Waals surface area contributed by atoms with Crippen molar-refractivity contribution in [2.45, 2.75) is 6.92 Å². The number of benzene rings is 2. The summed E-state index contributed by atoms with van der Waals surface area (Å²) in [5.41, 5.74) is 3.71. The lowest BCUT2D eigenvalue weighted by Crippen LogP contribution is -2.25. The first-order chi connectivity index (χ1) is 11.6. The van der Waals surface area contributed by atoms with Gasteiger partial charge in [-0.3, -0.25) is 4.79 Å². The number of carbonyl (C=O) groups is 1. The lowest BCUT2D eigenvalue weighted by atomic mass is 10.2. The number of anilines is 1. The Morgan fingerprint density at radius 1 is 1.29 bits per heavy atom. The van der Waals surface area contributed by atoms with Gasteiger partial charge in [-0.15, -0.1) is 0 Å². The highest BCUT2D eigenvalue weighted by molar-refractivity contribution is 9.10. The highest BCUT2D eigenvalue weighted by Crippen LogP contribution is 2.20. The third-order valence-electron chi connectivity index (χ3n) is 3.00. The molecule has 0 aliphatic rings. The van der Waals surface area contributed by atoms with E-state index in [1.165, 1.54) is 6.21 Å². The Morgan fingerprint density at radius 2 is 2.04 bits per heavy atom. The zero-order valence-electron chi connectivity index (χ0n) is 13.1. The van der Waals surface area contributed by atoms with Crippen molar-refractivity contribution in [1.29, 1.82) is 0 Å². The summed E-state index contributed by atoms with van der Waals surface area (Å²) in [4.78, 5) is 11.7. The summed E-state index contributed by atoms with van der Waals surface area (Å²) in [6.07, 6.45) is 1.38. The van der Waals surface area contributed by atoms with Crippen molar-refractivity contribution < 1.29 is 14.6 Å². The van der Waals surface area contributed by atoms with Crippen molar-refractivity contribution in [3.63, 3.8) is 0 Å². The molecule has 6 nitrogen and oxygen atoms in total. The fraction of sp³-hybridized carbons (Fsp3) is 0.176. The Hall–Kier alpha value is -2.54. The summed E-state index contributed by atoms with van der Waals surface area (Å²) >= 11 is 3.30. The van der Waals surface area contributed by atoms with Crippen LogP contribution in [0.5, 0.6) is 11.5 Å². The Labute approximate surface area is 148 Å². The maximum Gasteiger partial charge on any atom is 0.259 e. The van der Waals surface area contributed by atoms with Crippen molar-refractivity contribution in [3.05, 3.63) is 52.5 Å². The number of hydrazone groups is 1. The highest BCUT2D eigenvalue weighted by atomic mass is 79.9. The van der Waals surface area contributed by atoms with Gasteiger partial charge in [0.2, 0.25) is 0 Å². The first-order valence-corrected chi connectivity index (χ1v) is 8.15. The van der Waals surface area contributed by atoms with Crippen LogP contribution in [0.3, 0.4) is 0 Å². The predicted octanol–water partition coefficient (Wildman–Crippen LogP) is 3.12. The Bertz CT molecular complexity index is 718. The molecular formula is C17H18BrN3O3. The van der Waals surface area contributed by atoms with Gasteiger partial charge in [-0.25, -0.2) is 5.43 Å². The molecule has 0 atom stereocenters. The Morgan fingerprint density at radius 3 is 2.75 bits per heavy atom. The van der Waals surface area contributed by atoms with Crippen molar-refractivity contribution >= 4 is 33.7 Å². The van der Waals surface area contributed by atoms with Crippen LogP contribution in [0.1, 0.15) is 12.5 Å². The molecular weight excluding hydrogens is 374 g/mol. The number of aromatic hydroxyl groups is 1. The summed E-state index contributed by atoms with van der Waals surface area (Å²) in [6, 6.07) is 12.3. The van der Waals surface area contributed by atoms with E-state index < -0.39 is 0 Å². The number of ether oxygens (including phenoxy) is 1. The first kappa shape index (κ1) is 17.8. The Balaban J connectivity index is 1.80. The molecule has 0 heterocycles. The molecule has 0 spiro atoms. The molecule has 1 amide bonds. The fourth-order valence-corrected chi connectivity index (χ4v) is 2.24. The molecule has 2 rings (SSSR count). The predicted molar refractivity (Wildman–Crippen MR) is 97.6 cm³/mol. The van der Waals surface area contributed by atoms with Gasteiger partial charge in [0.1, 0.15) is 11.5 Å². The van der Waals surface area contributed by atoms with Gasteiger partial charge in [0.15, 0.2) is 0 Å². The molecule has 0 aliphatic heterocycles. The number of hydrogen-bond donors (Lipinski definition) is 3. The number of nitrogens with zero attached hydrogens (tertiary/aromatic N) is 1. The van der Waals surface area contributed by atoms with E-state index >= 15 is 0 Å². The van der Waals surface area contributed by atoms with Crippen LogP contribution in [0.4, 0.5) is 5.69 Å². The molecule has 24 heavy (non-hydrogen) atoms. The number of amides is 1. The van der Waals surface area contributed by atoms with Gasteiger partial charge in [-0.05, 0) is 49.4 Å². The van der Waals surface area contributed by atoms with Crippen molar-refractivity contribution in [3.8, 4) is 11.5 Å². The van der Waals surface area contributed by atoms with E-state index in [0.717, 1.165) is 15.9 Å². The van der Waals surface area contributed by atoms with Gasteiger partial charge in [0, 0.05) is 15.7 Å². The van der Waals surface area contributed by atoms with Crippen LogP contribution in [0.15, 0.2) is 52.0 Å². The smallest absolute Gasteiger partial charge is 0.259 e. The van der Waals surface area contributed by atoms with Gasteiger partial charge >= 0.3 is 0 Å². The lowest BCUT2D eigenvalue weighted by molar-refractivity contribution is -0.119. The number of hydrogen-bond acceptors (Lipinski definition) is 5.